The minimum atomic E-state index is -1.15. The number of carbonyl (C=O) groups excluding carboxylic acids is 2. The highest BCUT2D eigenvalue weighted by molar-refractivity contribution is 7.18. The predicted molar refractivity (Wildman–Crippen MR) is 60.3 cm³/mol. The first-order valence-corrected chi connectivity index (χ1v) is 5.31. The number of hydrogen-bond acceptors (Lipinski definition) is 4. The van der Waals surface area contributed by atoms with Crippen LogP contribution in [-0.4, -0.2) is 22.8 Å². The summed E-state index contributed by atoms with van der Waals surface area (Å²) >= 11 is 0.989. The molecule has 0 aliphatic rings. The number of rotatable bonds is 3. The van der Waals surface area contributed by atoms with Crippen LogP contribution in [0.25, 0.3) is 0 Å². The van der Waals surface area contributed by atoms with Gasteiger partial charge in [-0.05, 0) is 19.4 Å². The lowest BCUT2D eigenvalue weighted by atomic mass is 10.1. The van der Waals surface area contributed by atoms with Crippen molar-refractivity contribution in [2.24, 2.45) is 0 Å². The van der Waals surface area contributed by atoms with E-state index in [0.29, 0.717) is 10.4 Å². The number of carboxylic acid groups (broad SMARTS) is 1. The minimum absolute atomic E-state index is 0.00889. The Hall–Kier alpha value is -1.69. The minimum Gasteiger partial charge on any atom is -0.478 e. The van der Waals surface area contributed by atoms with Gasteiger partial charge >= 0.3 is 5.97 Å². The molecule has 0 radical (unpaired) electrons. The Kier molecular flexibility index (Phi) is 3.44. The van der Waals surface area contributed by atoms with Crippen LogP contribution in [0.1, 0.15) is 39.4 Å². The predicted octanol–water partition coefficient (Wildman–Crippen LogP) is 1.92. The first kappa shape index (κ1) is 12.4. The SMILES string of the molecule is CC(=O)Nc1sc(C(C)=O)c(C)c1C(=O)O. The Bertz CT molecular complexity index is 475. The van der Waals surface area contributed by atoms with E-state index in [0.717, 1.165) is 11.3 Å². The lowest BCUT2D eigenvalue weighted by Gasteiger charge is -1.99. The zero-order chi connectivity index (χ0) is 12.5. The molecule has 0 aliphatic heterocycles. The second-order valence-corrected chi connectivity index (χ2v) is 4.32. The fourth-order valence-electron chi connectivity index (χ4n) is 1.35. The van der Waals surface area contributed by atoms with Gasteiger partial charge in [-0.1, -0.05) is 0 Å². The second-order valence-electron chi connectivity index (χ2n) is 3.30. The lowest BCUT2D eigenvalue weighted by molar-refractivity contribution is -0.114. The van der Waals surface area contributed by atoms with Gasteiger partial charge in [0, 0.05) is 6.92 Å². The summed E-state index contributed by atoms with van der Waals surface area (Å²) in [5, 5.41) is 11.6. The van der Waals surface area contributed by atoms with Crippen LogP contribution in [0, 0.1) is 6.92 Å². The summed E-state index contributed by atoms with van der Waals surface area (Å²) in [6, 6.07) is 0. The van der Waals surface area contributed by atoms with Crippen LogP contribution in [0.2, 0.25) is 0 Å². The maximum Gasteiger partial charge on any atom is 0.339 e. The van der Waals surface area contributed by atoms with Crippen molar-refractivity contribution in [2.45, 2.75) is 20.8 Å². The third-order valence-electron chi connectivity index (χ3n) is 1.97. The van der Waals surface area contributed by atoms with E-state index in [-0.39, 0.29) is 22.3 Å². The molecule has 1 heterocycles. The number of nitrogens with one attached hydrogen (secondary N) is 1. The number of anilines is 1. The zero-order valence-electron chi connectivity index (χ0n) is 9.08. The molecule has 0 saturated carbocycles. The number of hydrogen-bond donors (Lipinski definition) is 2. The van der Waals surface area contributed by atoms with Gasteiger partial charge in [0.15, 0.2) is 5.78 Å². The summed E-state index contributed by atoms with van der Waals surface area (Å²) in [6.45, 7) is 4.21. The molecule has 6 heteroatoms. The first-order valence-electron chi connectivity index (χ1n) is 4.49. The number of aromatic carboxylic acids is 1. The molecule has 16 heavy (non-hydrogen) atoms. The second kappa shape index (κ2) is 4.44. The standard InChI is InChI=1S/C10H11NO4S/c1-4-7(10(14)15)9(11-6(3)13)16-8(4)5(2)12/h1-3H3,(H,11,13)(H,14,15). The van der Waals surface area contributed by atoms with E-state index in [9.17, 15) is 14.4 Å². The van der Waals surface area contributed by atoms with Gasteiger partial charge in [-0.15, -0.1) is 11.3 Å². The normalized spacial score (nSPS) is 9.94. The monoisotopic (exact) mass is 241 g/mol. The van der Waals surface area contributed by atoms with Crippen molar-refractivity contribution in [3.63, 3.8) is 0 Å². The van der Waals surface area contributed by atoms with Crippen LogP contribution in [0.5, 0.6) is 0 Å². The molecule has 0 aromatic carbocycles. The molecule has 0 atom stereocenters. The van der Waals surface area contributed by atoms with Gasteiger partial charge in [0.25, 0.3) is 0 Å². The van der Waals surface area contributed by atoms with Gasteiger partial charge in [-0.3, -0.25) is 9.59 Å². The van der Waals surface area contributed by atoms with Gasteiger partial charge in [-0.2, -0.15) is 0 Å². The summed E-state index contributed by atoms with van der Waals surface area (Å²) in [5.41, 5.74) is 0.388. The van der Waals surface area contributed by atoms with Crippen molar-refractivity contribution in [2.75, 3.05) is 5.32 Å². The third kappa shape index (κ3) is 2.27. The Morgan fingerprint density at radius 2 is 1.81 bits per heavy atom. The van der Waals surface area contributed by atoms with Crippen LogP contribution in [-0.2, 0) is 4.79 Å². The largest absolute Gasteiger partial charge is 0.478 e. The molecular formula is C10H11NO4S. The zero-order valence-corrected chi connectivity index (χ0v) is 9.90. The van der Waals surface area contributed by atoms with E-state index >= 15 is 0 Å². The summed E-state index contributed by atoms with van der Waals surface area (Å²) < 4.78 is 0. The van der Waals surface area contributed by atoms with Gasteiger partial charge in [0.1, 0.15) is 5.00 Å². The van der Waals surface area contributed by atoms with Gasteiger partial charge in [0.05, 0.1) is 10.4 Å². The quantitative estimate of drug-likeness (QED) is 0.792. The Balaban J connectivity index is 3.36. The van der Waals surface area contributed by atoms with Crippen LogP contribution in [0.15, 0.2) is 0 Å². The average molecular weight is 241 g/mol. The van der Waals surface area contributed by atoms with Gasteiger partial charge < -0.3 is 10.4 Å². The number of thiophene rings is 1. The lowest BCUT2D eigenvalue weighted by Crippen LogP contribution is -2.09. The highest BCUT2D eigenvalue weighted by atomic mass is 32.1. The molecule has 0 aliphatic carbocycles. The Morgan fingerprint density at radius 3 is 2.19 bits per heavy atom. The number of amides is 1. The van der Waals surface area contributed by atoms with E-state index in [2.05, 4.69) is 5.32 Å². The molecule has 1 amide bonds. The summed E-state index contributed by atoms with van der Waals surface area (Å²) in [4.78, 5) is 33.5. The molecule has 0 fully saturated rings. The fraction of sp³-hybridized carbons (Fsp3) is 0.300. The highest BCUT2D eigenvalue weighted by Crippen LogP contribution is 2.33. The van der Waals surface area contributed by atoms with E-state index in [4.69, 9.17) is 5.11 Å². The molecule has 2 N–H and O–H groups in total. The molecule has 1 rings (SSSR count). The molecular weight excluding hydrogens is 230 g/mol. The molecule has 5 nitrogen and oxygen atoms in total. The van der Waals surface area contributed by atoms with Crippen LogP contribution < -0.4 is 5.32 Å². The average Bonchev–Trinajstić information content (AvgIpc) is 2.41. The molecule has 86 valence electrons. The van der Waals surface area contributed by atoms with Crippen LogP contribution >= 0.6 is 11.3 Å². The van der Waals surface area contributed by atoms with Crippen molar-refractivity contribution in [1.82, 2.24) is 0 Å². The number of carboxylic acids is 1. The van der Waals surface area contributed by atoms with Crippen molar-refractivity contribution in [3.05, 3.63) is 16.0 Å². The number of Topliss-reactive ketones (excluding diaryl/α,β-unsaturated/α-hetero) is 1. The van der Waals surface area contributed by atoms with E-state index in [1.807, 2.05) is 0 Å². The Labute approximate surface area is 96.1 Å². The van der Waals surface area contributed by atoms with Crippen LogP contribution in [0.3, 0.4) is 0 Å². The molecule has 0 spiro atoms. The first-order chi connectivity index (χ1) is 7.34. The van der Waals surface area contributed by atoms with Gasteiger partial charge in [-0.25, -0.2) is 4.79 Å². The van der Waals surface area contributed by atoms with Gasteiger partial charge in [0.2, 0.25) is 5.91 Å². The summed E-state index contributed by atoms with van der Waals surface area (Å²) in [7, 11) is 0. The maximum atomic E-state index is 11.2. The molecule has 0 saturated heterocycles. The Morgan fingerprint density at radius 1 is 1.25 bits per heavy atom. The van der Waals surface area contributed by atoms with Crippen molar-refractivity contribution < 1.29 is 19.5 Å². The van der Waals surface area contributed by atoms with E-state index in [1.54, 1.807) is 6.92 Å². The number of carbonyl (C=O) groups is 3. The van der Waals surface area contributed by atoms with Crippen molar-refractivity contribution in [3.8, 4) is 0 Å². The highest BCUT2D eigenvalue weighted by Gasteiger charge is 2.22. The van der Waals surface area contributed by atoms with Crippen molar-refractivity contribution >= 4 is 34.0 Å². The summed E-state index contributed by atoms with van der Waals surface area (Å²) in [6.07, 6.45) is 0. The number of ketones is 1. The van der Waals surface area contributed by atoms with Crippen LogP contribution in [0.4, 0.5) is 5.00 Å². The molecule has 1 aromatic heterocycles. The summed E-state index contributed by atoms with van der Waals surface area (Å²) in [5.74, 6) is -1.72. The topological polar surface area (TPSA) is 83.5 Å². The maximum absolute atomic E-state index is 11.2. The fourth-order valence-corrected chi connectivity index (χ4v) is 2.50. The molecule has 1 aromatic rings. The van der Waals surface area contributed by atoms with Crippen molar-refractivity contribution in [1.29, 1.82) is 0 Å². The van der Waals surface area contributed by atoms with E-state index in [1.165, 1.54) is 13.8 Å². The third-order valence-corrected chi connectivity index (χ3v) is 3.28. The smallest absolute Gasteiger partial charge is 0.339 e. The molecule has 0 bridgehead atoms. The van der Waals surface area contributed by atoms with E-state index < -0.39 is 5.97 Å². The molecule has 0 unspecified atom stereocenters.